The molecule has 0 amide bonds. The maximum atomic E-state index is 11.8. The van der Waals surface area contributed by atoms with Gasteiger partial charge in [0.2, 0.25) is 0 Å². The molecule has 0 radical (unpaired) electrons. The van der Waals surface area contributed by atoms with Gasteiger partial charge in [0.15, 0.2) is 9.84 Å². The molecular formula is C29H28N2O4S. The lowest BCUT2D eigenvalue weighted by atomic mass is 9.95. The van der Waals surface area contributed by atoms with Crippen LogP contribution in [0.15, 0.2) is 67.0 Å². The topological polar surface area (TPSA) is 89.4 Å². The van der Waals surface area contributed by atoms with Crippen LogP contribution in [0.5, 0.6) is 5.75 Å². The van der Waals surface area contributed by atoms with Crippen LogP contribution in [0.3, 0.4) is 0 Å². The van der Waals surface area contributed by atoms with Crippen LogP contribution >= 0.6 is 0 Å². The van der Waals surface area contributed by atoms with Crippen LogP contribution in [-0.4, -0.2) is 35.0 Å². The van der Waals surface area contributed by atoms with Crippen molar-refractivity contribution in [3.05, 3.63) is 89.4 Å². The molecule has 1 saturated heterocycles. The Labute approximate surface area is 210 Å². The summed E-state index contributed by atoms with van der Waals surface area (Å²) < 4.78 is 30.0. The second-order valence-electron chi connectivity index (χ2n) is 10.2. The number of hydrogen-bond acceptors (Lipinski definition) is 6. The molecule has 0 unspecified atom stereocenters. The smallest absolute Gasteiger partial charge is 0.156 e. The minimum absolute atomic E-state index is 0.286. The van der Waals surface area contributed by atoms with Gasteiger partial charge in [0.25, 0.3) is 0 Å². The van der Waals surface area contributed by atoms with E-state index in [1.807, 2.05) is 38.4 Å². The van der Waals surface area contributed by atoms with E-state index in [0.29, 0.717) is 17.2 Å². The number of nitrogens with zero attached hydrogens (tertiary/aromatic N) is 2. The number of ether oxygens (including phenoxy) is 1. The number of aryl methyl sites for hydroxylation is 1. The highest BCUT2D eigenvalue weighted by Crippen LogP contribution is 2.42. The molecule has 2 fully saturated rings. The second-order valence-corrected chi connectivity index (χ2v) is 12.3. The third-order valence-electron chi connectivity index (χ3n) is 7.13. The Morgan fingerprint density at radius 3 is 2.58 bits per heavy atom. The molecule has 2 aliphatic rings. The quantitative estimate of drug-likeness (QED) is 0.390. The van der Waals surface area contributed by atoms with Crippen LogP contribution in [0.2, 0.25) is 0 Å². The fraction of sp³-hybridized carbons (Fsp3) is 0.310. The number of fused-ring (bicyclic) bond motifs is 1. The highest BCUT2D eigenvalue weighted by atomic mass is 32.2. The first kappa shape index (κ1) is 23.1. The Kier molecular flexibility index (Phi) is 5.39. The van der Waals surface area contributed by atoms with Crippen LogP contribution in [0, 0.1) is 6.92 Å². The lowest BCUT2D eigenvalue weighted by Crippen LogP contribution is -2.52. The molecule has 3 heterocycles. The molecular weight excluding hydrogens is 472 g/mol. The Morgan fingerprint density at radius 2 is 1.83 bits per heavy atom. The van der Waals surface area contributed by atoms with Gasteiger partial charge in [-0.15, -0.1) is 0 Å². The van der Waals surface area contributed by atoms with Gasteiger partial charge in [0.1, 0.15) is 17.5 Å². The van der Waals surface area contributed by atoms with Crippen molar-refractivity contribution < 1.29 is 18.3 Å². The summed E-state index contributed by atoms with van der Waals surface area (Å²) in [5.41, 5.74) is 4.26. The van der Waals surface area contributed by atoms with Crippen molar-refractivity contribution in [2.24, 2.45) is 0 Å². The van der Waals surface area contributed by atoms with Gasteiger partial charge in [-0.2, -0.15) is 0 Å². The van der Waals surface area contributed by atoms with Crippen molar-refractivity contribution in [2.75, 3.05) is 11.5 Å². The van der Waals surface area contributed by atoms with Gasteiger partial charge in [-0.25, -0.2) is 8.42 Å². The van der Waals surface area contributed by atoms with Crippen molar-refractivity contribution in [3.63, 3.8) is 0 Å². The SMILES string of the molecule is Cc1cc([C@@H](C)Oc2ccccc2C2(O)CS(=O)(=O)C2)c2cc(-c3ccnc(C4CC4)c3)ncc2c1. The summed E-state index contributed by atoms with van der Waals surface area (Å²) in [6, 6.07) is 17.6. The van der Waals surface area contributed by atoms with Gasteiger partial charge in [-0.05, 0) is 62.4 Å². The molecule has 2 aromatic heterocycles. The number of hydrogen-bond donors (Lipinski definition) is 1. The third kappa shape index (κ3) is 4.27. The number of pyridine rings is 2. The van der Waals surface area contributed by atoms with Crippen molar-refractivity contribution in [2.45, 2.75) is 44.3 Å². The highest BCUT2D eigenvalue weighted by molar-refractivity contribution is 7.92. The molecule has 184 valence electrons. The summed E-state index contributed by atoms with van der Waals surface area (Å²) in [7, 11) is -3.22. The van der Waals surface area contributed by atoms with Crippen molar-refractivity contribution >= 4 is 20.6 Å². The van der Waals surface area contributed by atoms with E-state index in [-0.39, 0.29) is 17.6 Å². The van der Waals surface area contributed by atoms with Gasteiger partial charge >= 0.3 is 0 Å². The van der Waals surface area contributed by atoms with E-state index in [9.17, 15) is 13.5 Å². The zero-order valence-electron chi connectivity index (χ0n) is 20.3. The molecule has 6 nitrogen and oxygen atoms in total. The van der Waals surface area contributed by atoms with E-state index >= 15 is 0 Å². The Balaban J connectivity index is 1.37. The maximum absolute atomic E-state index is 11.8. The third-order valence-corrected chi connectivity index (χ3v) is 8.97. The molecule has 1 N–H and O–H groups in total. The number of benzene rings is 2. The molecule has 1 aliphatic carbocycles. The molecule has 1 atom stereocenters. The fourth-order valence-electron chi connectivity index (χ4n) is 5.19. The van der Waals surface area contributed by atoms with Gasteiger partial charge in [-0.3, -0.25) is 9.97 Å². The summed E-state index contributed by atoms with van der Waals surface area (Å²) in [5, 5.41) is 13.0. The second kappa shape index (κ2) is 8.39. The first-order valence-corrected chi connectivity index (χ1v) is 14.1. The Hall–Kier alpha value is -3.29. The van der Waals surface area contributed by atoms with Gasteiger partial charge in [-0.1, -0.05) is 29.8 Å². The number of sulfone groups is 1. The zero-order chi connectivity index (χ0) is 25.1. The van der Waals surface area contributed by atoms with E-state index in [1.165, 1.54) is 12.8 Å². The molecule has 2 aromatic carbocycles. The minimum atomic E-state index is -3.22. The molecule has 7 heteroatoms. The molecule has 1 aliphatic heterocycles. The van der Waals surface area contributed by atoms with Crippen LogP contribution in [0.1, 0.15) is 54.2 Å². The van der Waals surface area contributed by atoms with Crippen LogP contribution in [0.25, 0.3) is 22.0 Å². The molecule has 36 heavy (non-hydrogen) atoms. The summed E-state index contributed by atoms with van der Waals surface area (Å²) in [5.74, 6) is 0.491. The summed E-state index contributed by atoms with van der Waals surface area (Å²) in [6.45, 7) is 4.02. The minimum Gasteiger partial charge on any atom is -0.486 e. The van der Waals surface area contributed by atoms with Gasteiger partial charge in [0, 0.05) is 46.1 Å². The molecule has 0 bridgehead atoms. The highest BCUT2D eigenvalue weighted by Gasteiger charge is 2.50. The average molecular weight is 501 g/mol. The summed E-state index contributed by atoms with van der Waals surface area (Å²) >= 11 is 0. The van der Waals surface area contributed by atoms with E-state index in [2.05, 4.69) is 29.2 Å². The number of para-hydroxylation sites is 1. The largest absolute Gasteiger partial charge is 0.486 e. The van der Waals surface area contributed by atoms with Gasteiger partial charge in [0.05, 0.1) is 17.2 Å². The standard InChI is InChI=1S/C29H28N2O4S/c1-18-11-22-15-31-27(21-9-10-30-26(13-21)20-7-8-20)14-24(22)23(12-18)19(2)35-28-6-4-3-5-25(28)29(32)16-36(33,34)17-29/h3-6,9-15,19-20,32H,7-8,16-17H2,1-2H3/t19-/m1/s1. The maximum Gasteiger partial charge on any atom is 0.156 e. The van der Waals surface area contributed by atoms with Crippen molar-refractivity contribution in [3.8, 4) is 17.0 Å². The Morgan fingerprint density at radius 1 is 1.06 bits per heavy atom. The predicted molar refractivity (Wildman–Crippen MR) is 140 cm³/mol. The van der Waals surface area contributed by atoms with Crippen LogP contribution in [-0.2, 0) is 15.4 Å². The Bertz CT molecular complexity index is 1580. The van der Waals surface area contributed by atoms with Gasteiger partial charge < -0.3 is 9.84 Å². The fourth-order valence-corrected chi connectivity index (χ4v) is 6.88. The number of rotatable bonds is 6. The van der Waals surface area contributed by atoms with Crippen LogP contribution in [0.4, 0.5) is 0 Å². The summed E-state index contributed by atoms with van der Waals surface area (Å²) in [4.78, 5) is 9.28. The molecule has 4 aromatic rings. The van der Waals surface area contributed by atoms with E-state index in [0.717, 1.165) is 38.9 Å². The molecule has 6 rings (SSSR count). The first-order valence-electron chi connectivity index (χ1n) is 12.3. The van der Waals surface area contributed by atoms with E-state index < -0.39 is 15.4 Å². The lowest BCUT2D eigenvalue weighted by Gasteiger charge is -2.37. The van der Waals surface area contributed by atoms with E-state index in [1.54, 1.807) is 18.2 Å². The normalized spacial score (nSPS) is 19.0. The van der Waals surface area contributed by atoms with Crippen molar-refractivity contribution in [1.82, 2.24) is 9.97 Å². The number of aliphatic hydroxyl groups is 1. The average Bonchev–Trinajstić information content (AvgIpc) is 3.68. The lowest BCUT2D eigenvalue weighted by molar-refractivity contribution is 0.0637. The summed E-state index contributed by atoms with van der Waals surface area (Å²) in [6.07, 6.45) is 5.81. The zero-order valence-corrected chi connectivity index (χ0v) is 21.1. The first-order chi connectivity index (χ1) is 17.2. The number of aromatic nitrogens is 2. The van der Waals surface area contributed by atoms with Crippen LogP contribution < -0.4 is 4.74 Å². The monoisotopic (exact) mass is 500 g/mol. The molecule has 0 spiro atoms. The van der Waals surface area contributed by atoms with Crippen molar-refractivity contribution in [1.29, 1.82) is 0 Å². The predicted octanol–water partition coefficient (Wildman–Crippen LogP) is 5.24. The molecule has 1 saturated carbocycles. The van der Waals surface area contributed by atoms with E-state index in [4.69, 9.17) is 9.72 Å².